The molecule has 0 spiro atoms. The average Bonchev–Trinajstić information content (AvgIpc) is 3.29. The maximum absolute atomic E-state index is 13.4. The summed E-state index contributed by atoms with van der Waals surface area (Å²) < 4.78 is 47.5. The van der Waals surface area contributed by atoms with Crippen LogP contribution in [0.3, 0.4) is 0 Å². The molecule has 3 aromatic rings. The number of halogens is 3. The Morgan fingerprint density at radius 2 is 1.74 bits per heavy atom. The quantitative estimate of drug-likeness (QED) is 0.606. The Balaban J connectivity index is 1.18. The largest absolute Gasteiger partial charge is 0.365 e. The Hall–Kier alpha value is -3.66. The van der Waals surface area contributed by atoms with E-state index in [-0.39, 0.29) is 41.9 Å². The maximum Gasteiger partial charge on any atom is 0.274 e. The lowest BCUT2D eigenvalue weighted by Gasteiger charge is -2.31. The number of nitrogens with zero attached hydrogens (tertiary/aromatic N) is 3. The van der Waals surface area contributed by atoms with Gasteiger partial charge in [-0.05, 0) is 42.7 Å². The molecule has 10 heteroatoms. The lowest BCUT2D eigenvalue weighted by molar-refractivity contribution is -0.121. The number of hydrogen-bond donors (Lipinski definition) is 1. The van der Waals surface area contributed by atoms with Gasteiger partial charge < -0.3 is 19.5 Å². The van der Waals surface area contributed by atoms with Gasteiger partial charge >= 0.3 is 0 Å². The van der Waals surface area contributed by atoms with Crippen molar-refractivity contribution in [3.8, 4) is 0 Å². The van der Waals surface area contributed by atoms with Gasteiger partial charge in [0.2, 0.25) is 5.91 Å². The van der Waals surface area contributed by atoms with Gasteiger partial charge in [-0.1, -0.05) is 12.1 Å². The molecule has 2 amide bonds. The molecule has 1 aromatic heterocycles. The van der Waals surface area contributed by atoms with Crippen LogP contribution in [0.2, 0.25) is 0 Å². The summed E-state index contributed by atoms with van der Waals surface area (Å²) in [6, 6.07) is 9.35. The molecule has 5 rings (SSSR count). The Morgan fingerprint density at radius 3 is 2.46 bits per heavy atom. The topological polar surface area (TPSA) is 76.5 Å². The number of rotatable bonds is 4. The number of fused-ring (bicyclic) bond motifs is 1. The number of amides is 2. The van der Waals surface area contributed by atoms with Crippen LogP contribution in [0.5, 0.6) is 0 Å². The van der Waals surface area contributed by atoms with Crippen LogP contribution in [-0.4, -0.2) is 39.4 Å². The highest BCUT2D eigenvalue weighted by atomic mass is 19.2. The molecule has 0 radical (unpaired) electrons. The number of aromatic nitrogens is 2. The van der Waals surface area contributed by atoms with Crippen LogP contribution < -0.4 is 5.32 Å². The lowest BCUT2D eigenvalue weighted by atomic mass is 9.95. The summed E-state index contributed by atoms with van der Waals surface area (Å²) in [4.78, 5) is 31.7. The van der Waals surface area contributed by atoms with Gasteiger partial charge in [-0.15, -0.1) is 0 Å². The predicted octanol–water partition coefficient (Wildman–Crippen LogP) is 4.06. The molecule has 3 heterocycles. The minimum absolute atomic E-state index is 0.191. The Labute approximate surface area is 199 Å². The van der Waals surface area contributed by atoms with Gasteiger partial charge in [-0.25, -0.2) is 18.2 Å². The van der Waals surface area contributed by atoms with E-state index in [1.807, 2.05) is 4.57 Å². The summed E-state index contributed by atoms with van der Waals surface area (Å²) >= 11 is 0. The maximum atomic E-state index is 13.4. The standard InChI is InChI=1S/C25H23F3N4O3/c26-17-3-1-15(2-4-17)22-12-32-14-29-23(21(32)13-35-22)25(34)31-9-7-16(8-10-31)24(33)30-18-5-6-19(27)20(28)11-18/h1-6,11,14,16,22H,7-10,12-13H2,(H,30,33)/t22-/m1/s1. The first-order chi connectivity index (χ1) is 16.9. The van der Waals surface area contributed by atoms with E-state index in [2.05, 4.69) is 10.3 Å². The number of carbonyl (C=O) groups excluding carboxylic acids is 2. The molecule has 2 aliphatic heterocycles. The molecule has 1 saturated heterocycles. The van der Waals surface area contributed by atoms with E-state index >= 15 is 0 Å². The molecule has 1 fully saturated rings. The normalized spacial score (nSPS) is 18.3. The summed E-state index contributed by atoms with van der Waals surface area (Å²) in [5, 5.41) is 2.61. The zero-order valence-electron chi connectivity index (χ0n) is 18.7. The van der Waals surface area contributed by atoms with Gasteiger partial charge in [-0.3, -0.25) is 9.59 Å². The van der Waals surface area contributed by atoms with E-state index in [0.717, 1.165) is 17.7 Å². The Morgan fingerprint density at radius 1 is 1.00 bits per heavy atom. The molecule has 2 aliphatic rings. The van der Waals surface area contributed by atoms with E-state index in [4.69, 9.17) is 4.74 Å². The molecule has 35 heavy (non-hydrogen) atoms. The van der Waals surface area contributed by atoms with Crippen molar-refractivity contribution < 1.29 is 27.5 Å². The van der Waals surface area contributed by atoms with Crippen molar-refractivity contribution in [3.05, 3.63) is 83.2 Å². The average molecular weight is 484 g/mol. The molecule has 7 nitrogen and oxygen atoms in total. The molecule has 2 aromatic carbocycles. The lowest BCUT2D eigenvalue weighted by Crippen LogP contribution is -2.42. The van der Waals surface area contributed by atoms with Crippen LogP contribution >= 0.6 is 0 Å². The number of hydrogen-bond acceptors (Lipinski definition) is 4. The third kappa shape index (κ3) is 4.79. The van der Waals surface area contributed by atoms with E-state index in [9.17, 15) is 22.8 Å². The number of benzene rings is 2. The second-order valence-corrected chi connectivity index (χ2v) is 8.73. The highest BCUT2D eigenvalue weighted by molar-refractivity contribution is 5.95. The minimum Gasteiger partial charge on any atom is -0.365 e. The van der Waals surface area contributed by atoms with E-state index in [0.29, 0.717) is 43.9 Å². The van der Waals surface area contributed by atoms with Crippen molar-refractivity contribution >= 4 is 17.5 Å². The first-order valence-corrected chi connectivity index (χ1v) is 11.4. The number of imidazole rings is 1. The zero-order chi connectivity index (χ0) is 24.5. The minimum atomic E-state index is -1.03. The first kappa shape index (κ1) is 23.1. The molecule has 1 N–H and O–H groups in total. The van der Waals surface area contributed by atoms with Crippen LogP contribution in [0.4, 0.5) is 18.9 Å². The third-order valence-corrected chi connectivity index (χ3v) is 6.51. The summed E-state index contributed by atoms with van der Waals surface area (Å²) in [6.07, 6.45) is 2.24. The molecule has 0 saturated carbocycles. The Bertz CT molecular complexity index is 1250. The van der Waals surface area contributed by atoms with E-state index < -0.39 is 11.6 Å². The summed E-state index contributed by atoms with van der Waals surface area (Å²) in [5.74, 6) is -3.17. The molecule has 0 aliphatic carbocycles. The number of likely N-dealkylation sites (tertiary alicyclic amines) is 1. The molecule has 1 atom stereocenters. The highest BCUT2D eigenvalue weighted by Gasteiger charge is 2.32. The smallest absolute Gasteiger partial charge is 0.274 e. The fourth-order valence-electron chi connectivity index (χ4n) is 4.50. The highest BCUT2D eigenvalue weighted by Crippen LogP contribution is 2.29. The Kier molecular flexibility index (Phi) is 6.29. The van der Waals surface area contributed by atoms with Crippen molar-refractivity contribution in [1.29, 1.82) is 0 Å². The van der Waals surface area contributed by atoms with Crippen molar-refractivity contribution in [3.63, 3.8) is 0 Å². The van der Waals surface area contributed by atoms with Gasteiger partial charge in [0.1, 0.15) is 11.9 Å². The van der Waals surface area contributed by atoms with Crippen molar-refractivity contribution in [2.75, 3.05) is 18.4 Å². The van der Waals surface area contributed by atoms with E-state index in [1.54, 1.807) is 23.4 Å². The second kappa shape index (κ2) is 9.53. The molecular weight excluding hydrogens is 461 g/mol. The van der Waals surface area contributed by atoms with Gasteiger partial charge in [-0.2, -0.15) is 0 Å². The van der Waals surface area contributed by atoms with Crippen LogP contribution in [0.1, 0.15) is 40.7 Å². The van der Waals surface area contributed by atoms with Crippen molar-refractivity contribution in [1.82, 2.24) is 14.5 Å². The third-order valence-electron chi connectivity index (χ3n) is 6.51. The molecule has 0 unspecified atom stereocenters. The van der Waals surface area contributed by atoms with Crippen LogP contribution in [-0.2, 0) is 22.7 Å². The monoisotopic (exact) mass is 484 g/mol. The fourth-order valence-corrected chi connectivity index (χ4v) is 4.50. The van der Waals surface area contributed by atoms with E-state index in [1.165, 1.54) is 18.2 Å². The van der Waals surface area contributed by atoms with Gasteiger partial charge in [0.25, 0.3) is 5.91 Å². The molecule has 182 valence electrons. The number of ether oxygens (including phenoxy) is 1. The van der Waals surface area contributed by atoms with Crippen molar-refractivity contribution in [2.24, 2.45) is 5.92 Å². The van der Waals surface area contributed by atoms with Crippen molar-refractivity contribution in [2.45, 2.75) is 32.1 Å². The summed E-state index contributed by atoms with van der Waals surface area (Å²) in [6.45, 7) is 1.42. The molecule has 0 bridgehead atoms. The first-order valence-electron chi connectivity index (χ1n) is 11.4. The summed E-state index contributed by atoms with van der Waals surface area (Å²) in [7, 11) is 0. The van der Waals surface area contributed by atoms with Gasteiger partial charge in [0, 0.05) is 30.8 Å². The molecular formula is C25H23F3N4O3. The van der Waals surface area contributed by atoms with Gasteiger partial charge in [0.05, 0.1) is 25.2 Å². The summed E-state index contributed by atoms with van der Waals surface area (Å²) in [5.41, 5.74) is 2.05. The number of carbonyl (C=O) groups is 2. The number of piperidine rings is 1. The predicted molar refractivity (Wildman–Crippen MR) is 120 cm³/mol. The SMILES string of the molecule is O=C(Nc1ccc(F)c(F)c1)C1CCN(C(=O)c2ncn3c2CO[C@@H](c2ccc(F)cc2)C3)CC1. The van der Waals surface area contributed by atoms with Crippen LogP contribution in [0, 0.1) is 23.4 Å². The zero-order valence-corrected chi connectivity index (χ0v) is 18.7. The number of nitrogens with one attached hydrogen (secondary N) is 1. The van der Waals surface area contributed by atoms with Crippen LogP contribution in [0.25, 0.3) is 0 Å². The van der Waals surface area contributed by atoms with Gasteiger partial charge in [0.15, 0.2) is 17.3 Å². The van der Waals surface area contributed by atoms with Crippen LogP contribution in [0.15, 0.2) is 48.8 Å². The fraction of sp³-hybridized carbons (Fsp3) is 0.320. The second-order valence-electron chi connectivity index (χ2n) is 8.73. The number of anilines is 1.